The van der Waals surface area contributed by atoms with Crippen LogP contribution in [0.2, 0.25) is 0 Å². The van der Waals surface area contributed by atoms with Crippen molar-refractivity contribution in [1.29, 1.82) is 0 Å². The van der Waals surface area contributed by atoms with Crippen LogP contribution in [-0.2, 0) is 111 Å². The number of nitrogens with zero attached hydrogens (tertiary/aromatic N) is 2. The van der Waals surface area contributed by atoms with Gasteiger partial charge in [0.2, 0.25) is 17.3 Å². The Kier molecular flexibility index (Phi) is 29.8. The van der Waals surface area contributed by atoms with E-state index in [0.717, 1.165) is 60.7 Å². The average Bonchev–Trinajstić information content (AvgIpc) is 3.29. The number of hydrazine groups is 1. The Morgan fingerprint density at radius 2 is 0.841 bits per heavy atom. The van der Waals surface area contributed by atoms with Crippen molar-refractivity contribution in [3.05, 3.63) is 151 Å². The molecule has 0 saturated heterocycles. The molecule has 0 amide bonds. The summed E-state index contributed by atoms with van der Waals surface area (Å²) in [6.07, 6.45) is 3.46. The minimum absolute atomic E-state index is 0. The maximum atomic E-state index is 14.0. The summed E-state index contributed by atoms with van der Waals surface area (Å²) >= 11 is 0. The molecule has 3 radical (unpaired) electrons. The van der Waals surface area contributed by atoms with Crippen LogP contribution >= 0.6 is 0 Å². The summed E-state index contributed by atoms with van der Waals surface area (Å²) in [4.78, 5) is 49.3. The van der Waals surface area contributed by atoms with Crippen molar-refractivity contribution in [1.82, 2.24) is 10.9 Å². The van der Waals surface area contributed by atoms with Gasteiger partial charge in [-0.1, -0.05) is 12.1 Å². The number of rotatable bonds is 13. The van der Waals surface area contributed by atoms with E-state index in [1.807, 2.05) is 0 Å². The number of hydrogen-bond acceptors (Lipinski definition) is 22. The smallest absolute Gasteiger partial charge is 0.506 e. The van der Waals surface area contributed by atoms with Crippen LogP contribution in [0.5, 0.6) is 11.5 Å². The number of hydrazone groups is 2. The van der Waals surface area contributed by atoms with Crippen LogP contribution in [0.15, 0.2) is 148 Å². The Morgan fingerprint density at radius 3 is 1.24 bits per heavy atom. The van der Waals surface area contributed by atoms with Gasteiger partial charge in [0.15, 0.2) is 17.2 Å². The molecule has 4 aromatic rings. The van der Waals surface area contributed by atoms with Crippen molar-refractivity contribution in [2.45, 2.75) is 9.79 Å². The molecule has 0 spiro atoms. The van der Waals surface area contributed by atoms with Gasteiger partial charge in [-0.3, -0.25) is 63.6 Å². The van der Waals surface area contributed by atoms with Gasteiger partial charge in [0.25, 0.3) is 50.6 Å². The Morgan fingerprint density at radius 1 is 0.415 bits per heavy atom. The van der Waals surface area contributed by atoms with Crippen LogP contribution in [0, 0.1) is 0 Å². The zero-order chi connectivity index (χ0) is 54.2. The largest absolute Gasteiger partial charge is 1.00 e. The zero-order valence-corrected chi connectivity index (χ0v) is 58.9. The SMILES string of the molecule is O=C1C=C(S(=O)(=O)O)C=C2C(=O)C(NN=C3C(=O)c4ccc(S(=O)(=O)O)cc4C=C3S(=O)(=O)O)=C(NNc3ccc(-c4ccc(NN=C5C(=O)c6ccc(S(=O)(=O)O)cc6C=C5S(=O)(=O)O)c(O)c4)cc3O)C=C12.[Cu].[Cu].[Cu].[Na+].[Na+].[Na+].[Na+].[Na+]. The molecule has 4 aromatic carbocycles. The molecule has 4 aliphatic carbocycles. The zero-order valence-electron chi connectivity index (χ0n) is 42.0. The number of hydrogen-bond donors (Lipinski definition) is 11. The maximum Gasteiger partial charge on any atom is 1.00 e. The Labute approximate surface area is 607 Å². The van der Waals surface area contributed by atoms with Crippen molar-refractivity contribution in [3.63, 3.8) is 0 Å². The molecular formula is C42H28Cu3N6Na5O21S5+5. The molecular weight excluding hydrogens is 1390 g/mol. The van der Waals surface area contributed by atoms with Crippen LogP contribution in [-0.4, -0.2) is 110 Å². The molecule has 0 fully saturated rings. The molecule has 0 saturated carbocycles. The van der Waals surface area contributed by atoms with Crippen LogP contribution in [0.3, 0.4) is 0 Å². The average molecular weight is 1420 g/mol. The van der Waals surface area contributed by atoms with E-state index in [1.165, 1.54) is 24.3 Å². The normalized spacial score (nSPS) is 15.6. The summed E-state index contributed by atoms with van der Waals surface area (Å²) in [5.41, 5.74) is 3.97. The first-order valence-corrected chi connectivity index (χ1v) is 27.0. The summed E-state index contributed by atoms with van der Waals surface area (Å²) < 4.78 is 169. The molecule has 0 atom stereocenters. The number of anilines is 2. The summed E-state index contributed by atoms with van der Waals surface area (Å²) in [7, 11) is -25.3. The van der Waals surface area contributed by atoms with E-state index in [9.17, 15) is 94.2 Å². The van der Waals surface area contributed by atoms with E-state index in [4.69, 9.17) is 0 Å². The van der Waals surface area contributed by atoms with E-state index >= 15 is 0 Å². The van der Waals surface area contributed by atoms with E-state index in [-0.39, 0.29) is 233 Å². The fraction of sp³-hybridized carbons (Fsp3) is 0. The third-order valence-corrected chi connectivity index (χ3v) is 15.1. The quantitative estimate of drug-likeness (QED) is 0.0256. The van der Waals surface area contributed by atoms with Gasteiger partial charge in [0.1, 0.15) is 27.0 Å². The van der Waals surface area contributed by atoms with Gasteiger partial charge < -0.3 is 10.2 Å². The summed E-state index contributed by atoms with van der Waals surface area (Å²) in [5, 5.41) is 29.5. The third-order valence-electron chi connectivity index (χ3n) is 10.8. The molecule has 82 heavy (non-hydrogen) atoms. The predicted molar refractivity (Wildman–Crippen MR) is 257 cm³/mol. The third kappa shape index (κ3) is 17.5. The molecule has 8 rings (SSSR count). The number of fused-ring (bicyclic) bond motifs is 3. The number of carbonyl (C=O) groups is 4. The topological polar surface area (TPSA) is 453 Å². The molecule has 415 valence electrons. The van der Waals surface area contributed by atoms with E-state index < -0.39 is 155 Å². The van der Waals surface area contributed by atoms with Gasteiger partial charge in [-0.05, 0) is 107 Å². The number of nitrogens with one attached hydrogen (secondary N) is 4. The first-order chi connectivity index (χ1) is 34.3. The van der Waals surface area contributed by atoms with Gasteiger partial charge in [0.05, 0.1) is 31.8 Å². The number of Topliss-reactive ketones (excluding diaryl/α,β-unsaturated/α-hetero) is 3. The standard InChI is InChI=1S/C42H28N6O21S5.3Cu.5Na/c49-32-16-24(72(61,62)63)15-28-27(32)17-31(37(42(28)54)46-48-39-36(74(67,68)69)14-21-10-23(71(58,59)60)4-6-26(21)41(39)53)45-43-29-7-1-18(11-33(29)50)19-2-8-30(34(51)12-19)44-47-38-35(73(64,65)66)13-20-9-22(70(55,56)57)3-5-25(20)40(38)52;;;;;;;;/h1-17,43-46,50-51H,(H,55,56,57)(H,58,59,60)(H,61,62,63)(H,64,65,66)(H,67,68,69);;;;;;;;/q;;;;5*+1. The van der Waals surface area contributed by atoms with Gasteiger partial charge in [-0.15, -0.1) is 0 Å². The first kappa shape index (κ1) is 80.2. The number of carbonyl (C=O) groups excluding carboxylic acids is 4. The fourth-order valence-corrected chi connectivity index (χ4v) is 10.2. The second kappa shape index (κ2) is 30.4. The molecule has 40 heteroatoms. The monoisotopic (exact) mass is 1420 g/mol. The van der Waals surface area contributed by atoms with Gasteiger partial charge >= 0.3 is 148 Å². The maximum absolute atomic E-state index is 14.0. The second-order valence-electron chi connectivity index (χ2n) is 15.6. The summed E-state index contributed by atoms with van der Waals surface area (Å²) in [6, 6.07) is 12.6. The summed E-state index contributed by atoms with van der Waals surface area (Å²) in [6.45, 7) is 0. The summed E-state index contributed by atoms with van der Waals surface area (Å²) in [5.74, 6) is -5.84. The molecule has 4 aliphatic rings. The van der Waals surface area contributed by atoms with E-state index in [1.54, 1.807) is 0 Å². The number of allylic oxidation sites excluding steroid dienone is 7. The van der Waals surface area contributed by atoms with Crippen LogP contribution in [0.25, 0.3) is 23.3 Å². The second-order valence-corrected chi connectivity index (χ2v) is 22.6. The molecule has 11 N–H and O–H groups in total. The first-order valence-electron chi connectivity index (χ1n) is 19.8. The predicted octanol–water partition coefficient (Wildman–Crippen LogP) is -12.8. The van der Waals surface area contributed by atoms with Gasteiger partial charge in [-0.25, -0.2) is 0 Å². The van der Waals surface area contributed by atoms with Crippen molar-refractivity contribution >= 4 is 109 Å². The van der Waals surface area contributed by atoms with Crippen LogP contribution < -0.4 is 169 Å². The molecule has 0 aliphatic heterocycles. The van der Waals surface area contributed by atoms with Crippen molar-refractivity contribution < 1.29 is 293 Å². The number of phenols is 2. The van der Waals surface area contributed by atoms with Crippen LogP contribution in [0.1, 0.15) is 31.8 Å². The van der Waals surface area contributed by atoms with Crippen molar-refractivity contribution in [3.8, 4) is 22.6 Å². The van der Waals surface area contributed by atoms with Gasteiger partial charge in [-0.2, -0.15) is 52.3 Å². The molecule has 27 nitrogen and oxygen atoms in total. The number of aromatic hydroxyl groups is 2. The Bertz CT molecular complexity index is 4230. The molecule has 0 heterocycles. The van der Waals surface area contributed by atoms with E-state index in [0.29, 0.717) is 18.2 Å². The van der Waals surface area contributed by atoms with Crippen molar-refractivity contribution in [2.24, 2.45) is 10.2 Å². The molecule has 0 bridgehead atoms. The van der Waals surface area contributed by atoms with Gasteiger partial charge in [0, 0.05) is 79.6 Å². The Hall–Kier alpha value is -1.75. The number of benzene rings is 4. The van der Waals surface area contributed by atoms with Crippen molar-refractivity contribution in [2.75, 3.05) is 10.9 Å². The molecule has 0 aromatic heterocycles. The Balaban J connectivity index is 0.00000820. The minimum atomic E-state index is -5.38. The van der Waals surface area contributed by atoms with Crippen LogP contribution in [0.4, 0.5) is 11.4 Å². The number of phenolic OH excluding ortho intramolecular Hbond substituents is 2. The fourth-order valence-electron chi connectivity index (χ4n) is 7.31. The molecule has 0 unspecified atom stereocenters. The number of ketones is 4. The van der Waals surface area contributed by atoms with E-state index in [2.05, 4.69) is 31.9 Å². The minimum Gasteiger partial charge on any atom is -0.506 e.